The zero-order chi connectivity index (χ0) is 36.3. The monoisotopic (exact) mass is 690 g/mol. The van der Waals surface area contributed by atoms with Gasteiger partial charge in [0.25, 0.3) is 0 Å². The molecule has 0 bridgehead atoms. The molecular weight excluding hydrogens is 661 g/mol. The van der Waals surface area contributed by atoms with E-state index in [0.717, 1.165) is 66.7 Å². The number of benzene rings is 7. The van der Waals surface area contributed by atoms with Crippen molar-refractivity contribution in [1.82, 2.24) is 24.9 Å². The minimum atomic E-state index is 0.521. The molecule has 0 aliphatic rings. The molecule has 0 atom stereocenters. The molecule has 0 unspecified atom stereocenters. The Balaban J connectivity index is 1.28. The van der Waals surface area contributed by atoms with E-state index in [1.807, 2.05) is 133 Å². The third kappa shape index (κ3) is 6.27. The van der Waals surface area contributed by atoms with Crippen LogP contribution in [-0.2, 0) is 0 Å². The van der Waals surface area contributed by atoms with Crippen molar-refractivity contribution >= 4 is 10.9 Å². The largest absolute Gasteiger partial charge is 0.228 e. The summed E-state index contributed by atoms with van der Waals surface area (Å²) in [7, 11) is 0. The van der Waals surface area contributed by atoms with E-state index in [2.05, 4.69) is 54.6 Å². The molecule has 0 N–H and O–H groups in total. The molecule has 0 saturated heterocycles. The molecule has 54 heavy (non-hydrogen) atoms. The van der Waals surface area contributed by atoms with Crippen molar-refractivity contribution in [2.75, 3.05) is 0 Å². The quantitative estimate of drug-likeness (QED) is 0.165. The molecule has 9 rings (SSSR count). The Morgan fingerprint density at radius 1 is 0.333 bits per heavy atom. The van der Waals surface area contributed by atoms with Crippen LogP contribution in [0.5, 0.6) is 0 Å². The standard InChI is InChI=1S/C48H30N6/c49-31-32-15-14-22-36(29-32)39-28-27-37(30-42(39)48-53-45(34-18-6-2-7-19-34)52-46(54-48)35-20-8-3-9-21-35)38-23-10-11-24-40(38)47-50-43-26-13-12-25-41(43)44(51-47)33-16-4-1-5-17-33/h1-30H. The zero-order valence-electron chi connectivity index (χ0n) is 29.0. The molecule has 6 heteroatoms. The van der Waals surface area contributed by atoms with Crippen molar-refractivity contribution in [2.45, 2.75) is 0 Å². The molecule has 0 saturated carbocycles. The highest BCUT2D eigenvalue weighted by atomic mass is 15.0. The molecule has 9 aromatic rings. The number of fused-ring (bicyclic) bond motifs is 1. The second kappa shape index (κ2) is 14.2. The average Bonchev–Trinajstić information content (AvgIpc) is 3.26. The summed E-state index contributed by atoms with van der Waals surface area (Å²) in [6, 6.07) is 62.7. The number of aromatic nitrogens is 5. The lowest BCUT2D eigenvalue weighted by Gasteiger charge is -2.16. The maximum absolute atomic E-state index is 9.82. The van der Waals surface area contributed by atoms with E-state index < -0.39 is 0 Å². The highest BCUT2D eigenvalue weighted by Gasteiger charge is 2.20. The van der Waals surface area contributed by atoms with Gasteiger partial charge in [-0.05, 0) is 46.5 Å². The summed E-state index contributed by atoms with van der Waals surface area (Å²) in [5, 5.41) is 10.8. The number of nitriles is 1. The van der Waals surface area contributed by atoms with Crippen LogP contribution in [0.4, 0.5) is 0 Å². The Labute approximate surface area is 312 Å². The van der Waals surface area contributed by atoms with E-state index in [-0.39, 0.29) is 0 Å². The van der Waals surface area contributed by atoms with Crippen LogP contribution < -0.4 is 0 Å². The van der Waals surface area contributed by atoms with Gasteiger partial charge in [-0.2, -0.15) is 5.26 Å². The van der Waals surface area contributed by atoms with Crippen LogP contribution >= 0.6 is 0 Å². The van der Waals surface area contributed by atoms with Gasteiger partial charge in [-0.1, -0.05) is 158 Å². The lowest BCUT2D eigenvalue weighted by Crippen LogP contribution is -2.01. The van der Waals surface area contributed by atoms with Crippen molar-refractivity contribution in [3.05, 3.63) is 188 Å². The SMILES string of the molecule is N#Cc1cccc(-c2ccc(-c3ccccc3-c3nc(-c4ccccc4)c4ccccc4n3)cc2-c2nc(-c3ccccc3)nc(-c3ccccc3)n2)c1. The van der Waals surface area contributed by atoms with Crippen LogP contribution in [-0.4, -0.2) is 24.9 Å². The molecule has 0 fully saturated rings. The van der Waals surface area contributed by atoms with Gasteiger partial charge >= 0.3 is 0 Å². The maximum atomic E-state index is 9.82. The molecule has 2 aromatic heterocycles. The summed E-state index contributed by atoms with van der Waals surface area (Å²) in [4.78, 5) is 25.5. The molecule has 7 aromatic carbocycles. The van der Waals surface area contributed by atoms with Crippen LogP contribution in [0.1, 0.15) is 5.56 Å². The molecule has 0 spiro atoms. The molecule has 2 heterocycles. The topological polar surface area (TPSA) is 88.2 Å². The molecular formula is C48H30N6. The van der Waals surface area contributed by atoms with Gasteiger partial charge in [0.1, 0.15) is 0 Å². The molecule has 6 nitrogen and oxygen atoms in total. The summed E-state index contributed by atoms with van der Waals surface area (Å²) in [6.07, 6.45) is 0. The van der Waals surface area contributed by atoms with E-state index in [0.29, 0.717) is 28.9 Å². The second-order valence-electron chi connectivity index (χ2n) is 12.8. The zero-order valence-corrected chi connectivity index (χ0v) is 29.0. The number of hydrogen-bond donors (Lipinski definition) is 0. The van der Waals surface area contributed by atoms with E-state index in [1.54, 1.807) is 0 Å². The van der Waals surface area contributed by atoms with Gasteiger partial charge in [-0.15, -0.1) is 0 Å². The van der Waals surface area contributed by atoms with Crippen molar-refractivity contribution in [3.63, 3.8) is 0 Å². The van der Waals surface area contributed by atoms with Gasteiger partial charge in [0.15, 0.2) is 23.3 Å². The molecule has 252 valence electrons. The Kier molecular flexibility index (Phi) is 8.48. The number of para-hydroxylation sites is 1. The summed E-state index contributed by atoms with van der Waals surface area (Å²) in [5.41, 5.74) is 10.5. The fraction of sp³-hybridized carbons (Fsp3) is 0. The van der Waals surface area contributed by atoms with Crippen LogP contribution in [0.25, 0.3) is 90.0 Å². The van der Waals surface area contributed by atoms with E-state index in [9.17, 15) is 5.26 Å². The van der Waals surface area contributed by atoms with Crippen LogP contribution in [0, 0.1) is 11.3 Å². The maximum Gasteiger partial charge on any atom is 0.164 e. The van der Waals surface area contributed by atoms with Gasteiger partial charge in [-0.25, -0.2) is 24.9 Å². The highest BCUT2D eigenvalue weighted by molar-refractivity contribution is 5.95. The smallest absolute Gasteiger partial charge is 0.164 e. The van der Waals surface area contributed by atoms with Crippen molar-refractivity contribution in [1.29, 1.82) is 5.26 Å². The van der Waals surface area contributed by atoms with Crippen LogP contribution in [0.3, 0.4) is 0 Å². The van der Waals surface area contributed by atoms with E-state index in [1.165, 1.54) is 0 Å². The van der Waals surface area contributed by atoms with Gasteiger partial charge in [0.2, 0.25) is 0 Å². The summed E-state index contributed by atoms with van der Waals surface area (Å²) < 4.78 is 0. The molecule has 0 amide bonds. The molecule has 0 radical (unpaired) electrons. The first kappa shape index (κ1) is 32.3. The molecule has 0 aliphatic carbocycles. The molecule has 0 aliphatic heterocycles. The van der Waals surface area contributed by atoms with Crippen molar-refractivity contribution in [3.8, 4) is 85.1 Å². The minimum Gasteiger partial charge on any atom is -0.228 e. The van der Waals surface area contributed by atoms with Gasteiger partial charge in [0, 0.05) is 33.2 Å². The third-order valence-corrected chi connectivity index (χ3v) is 9.39. The Hall–Kier alpha value is -7.62. The van der Waals surface area contributed by atoms with Crippen molar-refractivity contribution < 1.29 is 0 Å². The number of hydrogen-bond acceptors (Lipinski definition) is 6. The lowest BCUT2D eigenvalue weighted by atomic mass is 9.91. The van der Waals surface area contributed by atoms with E-state index >= 15 is 0 Å². The van der Waals surface area contributed by atoms with Gasteiger partial charge < -0.3 is 0 Å². The second-order valence-corrected chi connectivity index (χ2v) is 12.8. The first-order valence-electron chi connectivity index (χ1n) is 17.7. The van der Waals surface area contributed by atoms with Gasteiger partial charge in [-0.3, -0.25) is 0 Å². The van der Waals surface area contributed by atoms with E-state index in [4.69, 9.17) is 24.9 Å². The minimum absolute atomic E-state index is 0.521. The Morgan fingerprint density at radius 2 is 0.852 bits per heavy atom. The summed E-state index contributed by atoms with van der Waals surface area (Å²) >= 11 is 0. The highest BCUT2D eigenvalue weighted by Crippen LogP contribution is 2.39. The fourth-order valence-corrected chi connectivity index (χ4v) is 6.78. The predicted octanol–water partition coefficient (Wildman–Crippen LogP) is 11.4. The van der Waals surface area contributed by atoms with Crippen molar-refractivity contribution in [2.24, 2.45) is 0 Å². The lowest BCUT2D eigenvalue weighted by molar-refractivity contribution is 1.07. The average molecular weight is 691 g/mol. The first-order chi connectivity index (χ1) is 26.7. The Morgan fingerprint density at radius 3 is 1.54 bits per heavy atom. The van der Waals surface area contributed by atoms with Crippen LogP contribution in [0.2, 0.25) is 0 Å². The summed E-state index contributed by atoms with van der Waals surface area (Å²) in [5.74, 6) is 2.29. The number of rotatable bonds is 7. The first-order valence-corrected chi connectivity index (χ1v) is 17.7. The fourth-order valence-electron chi connectivity index (χ4n) is 6.78. The Bertz CT molecular complexity index is 2770. The summed E-state index contributed by atoms with van der Waals surface area (Å²) in [6.45, 7) is 0. The van der Waals surface area contributed by atoms with Crippen LogP contribution in [0.15, 0.2) is 182 Å². The number of nitrogens with zero attached hydrogens (tertiary/aromatic N) is 6. The van der Waals surface area contributed by atoms with Gasteiger partial charge in [0.05, 0.1) is 22.8 Å². The third-order valence-electron chi connectivity index (χ3n) is 9.39. The normalized spacial score (nSPS) is 10.9. The predicted molar refractivity (Wildman–Crippen MR) is 216 cm³/mol.